The van der Waals surface area contributed by atoms with Gasteiger partial charge in [0.1, 0.15) is 0 Å². The van der Waals surface area contributed by atoms with Crippen LogP contribution in [0.25, 0.3) is 0 Å². The molecule has 2 rings (SSSR count). The van der Waals surface area contributed by atoms with Crippen LogP contribution in [0.15, 0.2) is 59.5 Å². The summed E-state index contributed by atoms with van der Waals surface area (Å²) in [5.74, 6) is 0. The molecular weight excluding hydrogens is 298 g/mol. The van der Waals surface area contributed by atoms with Gasteiger partial charge in [-0.05, 0) is 55.8 Å². The zero-order chi connectivity index (χ0) is 14.2. The van der Waals surface area contributed by atoms with Crippen LogP contribution in [-0.2, 0) is 6.42 Å². The van der Waals surface area contributed by atoms with Crippen molar-refractivity contribution >= 4 is 24.2 Å². The molecule has 0 amide bonds. The average molecular weight is 322 g/mol. The summed E-state index contributed by atoms with van der Waals surface area (Å²) in [5.41, 5.74) is 2.79. The first-order chi connectivity index (χ1) is 9.79. The summed E-state index contributed by atoms with van der Waals surface area (Å²) < 4.78 is 0. The Balaban J connectivity index is 0.00000220. The molecule has 1 N–H and O–H groups in total. The van der Waals surface area contributed by atoms with Crippen LogP contribution in [0.3, 0.4) is 0 Å². The predicted molar refractivity (Wildman–Crippen MR) is 96.7 cm³/mol. The Morgan fingerprint density at radius 1 is 1.05 bits per heavy atom. The smallest absolute Gasteiger partial charge is 0.0292 e. The summed E-state index contributed by atoms with van der Waals surface area (Å²) in [6.07, 6.45) is 4.44. The van der Waals surface area contributed by atoms with Gasteiger partial charge in [0, 0.05) is 10.9 Å². The highest BCUT2D eigenvalue weighted by Crippen LogP contribution is 2.20. The second-order valence-electron chi connectivity index (χ2n) is 5.04. The summed E-state index contributed by atoms with van der Waals surface area (Å²) in [7, 11) is 0. The molecule has 0 saturated heterocycles. The second-order valence-corrected chi connectivity index (χ2v) is 5.92. The number of nitrogens with one attached hydrogen (secondary N) is 1. The van der Waals surface area contributed by atoms with Gasteiger partial charge in [-0.25, -0.2) is 0 Å². The topological polar surface area (TPSA) is 12.0 Å². The molecule has 0 radical (unpaired) electrons. The van der Waals surface area contributed by atoms with Gasteiger partial charge in [-0.3, -0.25) is 0 Å². The predicted octanol–water partition coefficient (Wildman–Crippen LogP) is 5.11. The molecule has 114 valence electrons. The van der Waals surface area contributed by atoms with Gasteiger partial charge in [-0.1, -0.05) is 42.5 Å². The van der Waals surface area contributed by atoms with Gasteiger partial charge in [0.05, 0.1) is 0 Å². The lowest BCUT2D eigenvalue weighted by molar-refractivity contribution is 0.557. The van der Waals surface area contributed by atoms with Crippen molar-refractivity contribution < 1.29 is 0 Å². The normalized spacial score (nSPS) is 11.7. The van der Waals surface area contributed by atoms with Gasteiger partial charge >= 0.3 is 0 Å². The SMILES string of the molecule is CSc1cccc(C(C)NCCCc2ccccc2)c1.Cl. The number of hydrogen-bond donors (Lipinski definition) is 1. The van der Waals surface area contributed by atoms with Crippen LogP contribution in [0.2, 0.25) is 0 Å². The minimum absolute atomic E-state index is 0. The molecule has 0 spiro atoms. The van der Waals surface area contributed by atoms with Gasteiger partial charge in [0.2, 0.25) is 0 Å². The fourth-order valence-electron chi connectivity index (χ4n) is 2.28. The van der Waals surface area contributed by atoms with Crippen molar-refractivity contribution in [3.05, 3.63) is 65.7 Å². The van der Waals surface area contributed by atoms with E-state index in [1.807, 2.05) is 0 Å². The van der Waals surface area contributed by atoms with E-state index < -0.39 is 0 Å². The van der Waals surface area contributed by atoms with E-state index in [1.165, 1.54) is 22.4 Å². The van der Waals surface area contributed by atoms with E-state index in [0.29, 0.717) is 6.04 Å². The fraction of sp³-hybridized carbons (Fsp3) is 0.333. The summed E-state index contributed by atoms with van der Waals surface area (Å²) in [5, 5.41) is 3.61. The van der Waals surface area contributed by atoms with Crippen LogP contribution in [0.5, 0.6) is 0 Å². The van der Waals surface area contributed by atoms with Crippen LogP contribution in [-0.4, -0.2) is 12.8 Å². The van der Waals surface area contributed by atoms with Crippen LogP contribution < -0.4 is 5.32 Å². The van der Waals surface area contributed by atoms with E-state index >= 15 is 0 Å². The number of hydrogen-bond acceptors (Lipinski definition) is 2. The van der Waals surface area contributed by atoms with Gasteiger partial charge in [-0.2, -0.15) is 0 Å². The molecule has 0 aromatic heterocycles. The lowest BCUT2D eigenvalue weighted by Gasteiger charge is -2.15. The second kappa shape index (κ2) is 9.88. The average Bonchev–Trinajstić information content (AvgIpc) is 2.52. The summed E-state index contributed by atoms with van der Waals surface area (Å²) >= 11 is 1.80. The maximum absolute atomic E-state index is 3.61. The first-order valence-corrected chi connectivity index (χ1v) is 8.43. The Bertz CT molecular complexity index is 516. The molecule has 1 nitrogen and oxygen atoms in total. The zero-order valence-corrected chi connectivity index (χ0v) is 14.3. The molecule has 0 aliphatic carbocycles. The Morgan fingerprint density at radius 3 is 2.52 bits per heavy atom. The molecule has 0 bridgehead atoms. The molecule has 2 aromatic rings. The van der Waals surface area contributed by atoms with Crippen molar-refractivity contribution in [2.45, 2.75) is 30.7 Å². The van der Waals surface area contributed by atoms with Crippen molar-refractivity contribution in [2.75, 3.05) is 12.8 Å². The maximum Gasteiger partial charge on any atom is 0.0292 e. The van der Waals surface area contributed by atoms with E-state index in [9.17, 15) is 0 Å². The number of thioether (sulfide) groups is 1. The largest absolute Gasteiger partial charge is 0.310 e. The number of aryl methyl sites for hydroxylation is 1. The van der Waals surface area contributed by atoms with Crippen molar-refractivity contribution in [2.24, 2.45) is 0 Å². The first-order valence-electron chi connectivity index (χ1n) is 7.21. The zero-order valence-electron chi connectivity index (χ0n) is 12.7. The summed E-state index contributed by atoms with van der Waals surface area (Å²) in [4.78, 5) is 1.33. The number of halogens is 1. The molecule has 0 aliphatic heterocycles. The lowest BCUT2D eigenvalue weighted by atomic mass is 10.1. The van der Waals surface area contributed by atoms with E-state index in [2.05, 4.69) is 73.1 Å². The van der Waals surface area contributed by atoms with E-state index in [1.54, 1.807) is 11.8 Å². The van der Waals surface area contributed by atoms with Crippen molar-refractivity contribution in [3.63, 3.8) is 0 Å². The Labute approximate surface area is 139 Å². The molecule has 2 aromatic carbocycles. The van der Waals surface area contributed by atoms with Crippen LogP contribution in [0.1, 0.15) is 30.5 Å². The van der Waals surface area contributed by atoms with Gasteiger partial charge in [0.15, 0.2) is 0 Å². The Kier molecular flexibility index (Phi) is 8.51. The Hall–Kier alpha value is -0.960. The standard InChI is InChI=1S/C18H23NS.ClH/c1-15(17-11-6-12-18(14-17)20-2)19-13-7-10-16-8-4-3-5-9-16;/h3-6,8-9,11-12,14-15,19H,7,10,13H2,1-2H3;1H. The van der Waals surface area contributed by atoms with Crippen LogP contribution in [0.4, 0.5) is 0 Å². The van der Waals surface area contributed by atoms with Crippen molar-refractivity contribution in [1.29, 1.82) is 0 Å². The number of benzene rings is 2. The molecule has 3 heteroatoms. The van der Waals surface area contributed by atoms with E-state index in [-0.39, 0.29) is 12.4 Å². The molecule has 21 heavy (non-hydrogen) atoms. The molecule has 0 aliphatic rings. The molecular formula is C18H24ClNS. The highest BCUT2D eigenvalue weighted by Gasteiger charge is 2.04. The quantitative estimate of drug-likeness (QED) is 0.561. The minimum atomic E-state index is 0. The molecule has 0 saturated carbocycles. The Morgan fingerprint density at radius 2 is 1.81 bits per heavy atom. The third-order valence-electron chi connectivity index (χ3n) is 3.53. The van der Waals surface area contributed by atoms with Crippen LogP contribution >= 0.6 is 24.2 Å². The van der Waals surface area contributed by atoms with E-state index in [0.717, 1.165) is 13.0 Å². The molecule has 0 fully saturated rings. The monoisotopic (exact) mass is 321 g/mol. The highest BCUT2D eigenvalue weighted by atomic mass is 35.5. The van der Waals surface area contributed by atoms with E-state index in [4.69, 9.17) is 0 Å². The third-order valence-corrected chi connectivity index (χ3v) is 4.25. The first kappa shape index (κ1) is 18.1. The fourth-order valence-corrected chi connectivity index (χ4v) is 2.75. The molecule has 0 heterocycles. The van der Waals surface area contributed by atoms with Gasteiger partial charge in [0.25, 0.3) is 0 Å². The highest BCUT2D eigenvalue weighted by molar-refractivity contribution is 7.98. The van der Waals surface area contributed by atoms with Crippen molar-refractivity contribution in [1.82, 2.24) is 5.32 Å². The summed E-state index contributed by atoms with van der Waals surface area (Å²) in [6.45, 7) is 3.29. The lowest BCUT2D eigenvalue weighted by Crippen LogP contribution is -2.20. The maximum atomic E-state index is 3.61. The van der Waals surface area contributed by atoms with Crippen molar-refractivity contribution in [3.8, 4) is 0 Å². The number of rotatable bonds is 7. The van der Waals surface area contributed by atoms with Crippen LogP contribution in [0, 0.1) is 0 Å². The third kappa shape index (κ3) is 6.13. The molecule has 1 atom stereocenters. The van der Waals surface area contributed by atoms with Gasteiger partial charge in [-0.15, -0.1) is 24.2 Å². The van der Waals surface area contributed by atoms with Gasteiger partial charge < -0.3 is 5.32 Å². The molecule has 1 unspecified atom stereocenters. The summed E-state index contributed by atoms with van der Waals surface area (Å²) in [6, 6.07) is 19.9. The minimum Gasteiger partial charge on any atom is -0.310 e.